The third-order valence-electron chi connectivity index (χ3n) is 3.78. The van der Waals surface area contributed by atoms with Crippen molar-refractivity contribution in [2.45, 2.75) is 64.8 Å². The summed E-state index contributed by atoms with van der Waals surface area (Å²) in [6.07, 6.45) is 5.94. The monoisotopic (exact) mass is 270 g/mol. The lowest BCUT2D eigenvalue weighted by molar-refractivity contribution is -0.138. The first-order valence-electron chi connectivity index (χ1n) is 7.00. The molecule has 110 valence electrons. The van der Waals surface area contributed by atoms with E-state index >= 15 is 0 Å². The molecule has 0 atom stereocenters. The molecular weight excluding hydrogens is 244 g/mol. The van der Waals surface area contributed by atoms with Crippen LogP contribution >= 0.6 is 0 Å². The number of carboxylic acids is 1. The van der Waals surface area contributed by atoms with Crippen LogP contribution in [-0.2, 0) is 4.79 Å². The minimum Gasteiger partial charge on any atom is -0.481 e. The molecule has 0 bridgehead atoms. The maximum Gasteiger partial charge on any atom is 0.315 e. The van der Waals surface area contributed by atoms with Gasteiger partial charge in [-0.05, 0) is 32.1 Å². The van der Waals surface area contributed by atoms with E-state index in [-0.39, 0.29) is 17.9 Å². The SMILES string of the molecule is CC1(CNC(=O)NC(C)(C)CC(=O)O)CCCCC1. The second kappa shape index (κ2) is 6.26. The molecule has 1 rings (SSSR count). The molecule has 0 heterocycles. The lowest BCUT2D eigenvalue weighted by Crippen LogP contribution is -2.51. The zero-order valence-corrected chi connectivity index (χ0v) is 12.2. The van der Waals surface area contributed by atoms with Crippen LogP contribution < -0.4 is 10.6 Å². The number of nitrogens with one attached hydrogen (secondary N) is 2. The van der Waals surface area contributed by atoms with Crippen LogP contribution in [0.4, 0.5) is 4.79 Å². The zero-order chi connectivity index (χ0) is 14.5. The van der Waals surface area contributed by atoms with Crippen molar-refractivity contribution in [3.63, 3.8) is 0 Å². The molecule has 1 saturated carbocycles. The Morgan fingerprint density at radius 3 is 2.32 bits per heavy atom. The Labute approximate surface area is 115 Å². The topological polar surface area (TPSA) is 78.4 Å². The number of carbonyl (C=O) groups is 2. The summed E-state index contributed by atoms with van der Waals surface area (Å²) >= 11 is 0. The normalized spacial score (nSPS) is 18.7. The van der Waals surface area contributed by atoms with Crippen LogP contribution in [0.1, 0.15) is 59.3 Å². The summed E-state index contributed by atoms with van der Waals surface area (Å²) in [6.45, 7) is 6.28. The highest BCUT2D eigenvalue weighted by Crippen LogP contribution is 2.34. The lowest BCUT2D eigenvalue weighted by Gasteiger charge is -2.34. The van der Waals surface area contributed by atoms with Crippen LogP contribution in [0.15, 0.2) is 0 Å². The fraction of sp³-hybridized carbons (Fsp3) is 0.857. The lowest BCUT2D eigenvalue weighted by atomic mass is 9.76. The zero-order valence-electron chi connectivity index (χ0n) is 12.2. The van der Waals surface area contributed by atoms with Gasteiger partial charge < -0.3 is 15.7 Å². The van der Waals surface area contributed by atoms with Crippen LogP contribution in [0.3, 0.4) is 0 Å². The molecule has 5 nitrogen and oxygen atoms in total. The Kier molecular flexibility index (Phi) is 5.20. The summed E-state index contributed by atoms with van der Waals surface area (Å²) in [5.41, 5.74) is -0.546. The molecule has 2 amide bonds. The summed E-state index contributed by atoms with van der Waals surface area (Å²) in [7, 11) is 0. The van der Waals surface area contributed by atoms with Crippen molar-refractivity contribution >= 4 is 12.0 Å². The number of carboxylic acid groups (broad SMARTS) is 1. The van der Waals surface area contributed by atoms with Gasteiger partial charge in [-0.25, -0.2) is 4.79 Å². The number of hydrogen-bond donors (Lipinski definition) is 3. The van der Waals surface area contributed by atoms with E-state index in [0.717, 1.165) is 12.8 Å². The average Bonchev–Trinajstić information content (AvgIpc) is 2.25. The molecule has 5 heteroatoms. The van der Waals surface area contributed by atoms with Gasteiger partial charge in [-0.15, -0.1) is 0 Å². The van der Waals surface area contributed by atoms with E-state index in [0.29, 0.717) is 6.54 Å². The summed E-state index contributed by atoms with van der Waals surface area (Å²) in [4.78, 5) is 22.5. The molecular formula is C14H26N2O3. The molecule has 19 heavy (non-hydrogen) atoms. The number of aliphatic carboxylic acids is 1. The van der Waals surface area contributed by atoms with Crippen molar-refractivity contribution in [1.82, 2.24) is 10.6 Å². The summed E-state index contributed by atoms with van der Waals surface area (Å²) in [6, 6.07) is -0.280. The number of carbonyl (C=O) groups excluding carboxylic acids is 1. The van der Waals surface area contributed by atoms with Crippen molar-refractivity contribution in [3.8, 4) is 0 Å². The standard InChI is InChI=1S/C14H26N2O3/c1-13(2,9-11(17)18)16-12(19)15-10-14(3)7-5-4-6-8-14/h4-10H2,1-3H3,(H,17,18)(H2,15,16,19). The third kappa shape index (κ3) is 5.94. The predicted octanol–water partition coefficient (Wildman–Crippen LogP) is 2.51. The van der Waals surface area contributed by atoms with Crippen molar-refractivity contribution in [2.75, 3.05) is 6.54 Å². The molecule has 0 unspecified atom stereocenters. The van der Waals surface area contributed by atoms with Crippen molar-refractivity contribution in [2.24, 2.45) is 5.41 Å². The smallest absolute Gasteiger partial charge is 0.315 e. The largest absolute Gasteiger partial charge is 0.481 e. The highest BCUT2D eigenvalue weighted by molar-refractivity contribution is 5.76. The van der Waals surface area contributed by atoms with E-state index in [1.54, 1.807) is 13.8 Å². The van der Waals surface area contributed by atoms with Crippen molar-refractivity contribution in [1.29, 1.82) is 0 Å². The molecule has 1 fully saturated rings. The second-order valence-electron chi connectivity index (χ2n) is 6.63. The molecule has 1 aliphatic carbocycles. The van der Waals surface area contributed by atoms with Gasteiger partial charge in [0.05, 0.1) is 6.42 Å². The first-order valence-corrected chi connectivity index (χ1v) is 7.00. The van der Waals surface area contributed by atoms with Crippen LogP contribution in [0, 0.1) is 5.41 Å². The van der Waals surface area contributed by atoms with Gasteiger partial charge in [-0.3, -0.25) is 4.79 Å². The minimum atomic E-state index is -0.912. The molecule has 0 aromatic heterocycles. The van der Waals surface area contributed by atoms with E-state index in [9.17, 15) is 9.59 Å². The first kappa shape index (κ1) is 15.8. The van der Waals surface area contributed by atoms with E-state index in [2.05, 4.69) is 17.6 Å². The van der Waals surface area contributed by atoms with Gasteiger partial charge in [-0.1, -0.05) is 26.2 Å². The molecule has 0 spiro atoms. The Morgan fingerprint density at radius 1 is 1.21 bits per heavy atom. The van der Waals surface area contributed by atoms with Gasteiger partial charge in [0.1, 0.15) is 0 Å². The van der Waals surface area contributed by atoms with Gasteiger partial charge >= 0.3 is 12.0 Å². The van der Waals surface area contributed by atoms with E-state index < -0.39 is 11.5 Å². The van der Waals surface area contributed by atoms with Crippen molar-refractivity contribution < 1.29 is 14.7 Å². The van der Waals surface area contributed by atoms with E-state index in [1.807, 2.05) is 0 Å². The highest BCUT2D eigenvalue weighted by Gasteiger charge is 2.28. The first-order chi connectivity index (χ1) is 8.72. The third-order valence-corrected chi connectivity index (χ3v) is 3.78. The van der Waals surface area contributed by atoms with Crippen LogP contribution in [0.5, 0.6) is 0 Å². The Hall–Kier alpha value is -1.26. The number of rotatable bonds is 5. The fourth-order valence-electron chi connectivity index (χ4n) is 2.65. The number of amides is 2. The van der Waals surface area contributed by atoms with Crippen LogP contribution in [-0.4, -0.2) is 29.2 Å². The predicted molar refractivity (Wildman–Crippen MR) is 74.1 cm³/mol. The van der Waals surface area contributed by atoms with Gasteiger partial charge in [0.15, 0.2) is 0 Å². The van der Waals surface area contributed by atoms with Gasteiger partial charge in [0, 0.05) is 12.1 Å². The van der Waals surface area contributed by atoms with E-state index in [1.165, 1.54) is 19.3 Å². The van der Waals surface area contributed by atoms with Gasteiger partial charge in [0.2, 0.25) is 0 Å². The Balaban J connectivity index is 2.36. The van der Waals surface area contributed by atoms with Crippen molar-refractivity contribution in [3.05, 3.63) is 0 Å². The quantitative estimate of drug-likeness (QED) is 0.718. The van der Waals surface area contributed by atoms with E-state index in [4.69, 9.17) is 5.11 Å². The van der Waals surface area contributed by atoms with Crippen LogP contribution in [0.2, 0.25) is 0 Å². The Bertz CT molecular complexity index is 334. The fourth-order valence-corrected chi connectivity index (χ4v) is 2.65. The molecule has 3 N–H and O–H groups in total. The maximum absolute atomic E-state index is 11.8. The number of urea groups is 1. The highest BCUT2D eigenvalue weighted by atomic mass is 16.4. The summed E-state index contributed by atoms with van der Waals surface area (Å²) in [5.74, 6) is -0.912. The summed E-state index contributed by atoms with van der Waals surface area (Å²) in [5, 5.41) is 14.4. The molecule has 0 aliphatic heterocycles. The molecule has 0 aromatic carbocycles. The average molecular weight is 270 g/mol. The maximum atomic E-state index is 11.8. The molecule has 1 aliphatic rings. The minimum absolute atomic E-state index is 0.0856. The summed E-state index contributed by atoms with van der Waals surface area (Å²) < 4.78 is 0. The molecule has 0 radical (unpaired) electrons. The second-order valence-corrected chi connectivity index (χ2v) is 6.63. The van der Waals surface area contributed by atoms with Crippen LogP contribution in [0.25, 0.3) is 0 Å². The van der Waals surface area contributed by atoms with Gasteiger partial charge in [0.25, 0.3) is 0 Å². The molecule has 0 saturated heterocycles. The van der Waals surface area contributed by atoms with Gasteiger partial charge in [-0.2, -0.15) is 0 Å². The Morgan fingerprint density at radius 2 is 1.79 bits per heavy atom. The number of hydrogen-bond acceptors (Lipinski definition) is 2. The molecule has 0 aromatic rings.